The van der Waals surface area contributed by atoms with E-state index in [9.17, 15) is 19.0 Å². The summed E-state index contributed by atoms with van der Waals surface area (Å²) in [7, 11) is 1.17. The Bertz CT molecular complexity index is 1470. The van der Waals surface area contributed by atoms with Gasteiger partial charge in [0.15, 0.2) is 0 Å². The van der Waals surface area contributed by atoms with Crippen molar-refractivity contribution in [1.29, 1.82) is 0 Å². The van der Waals surface area contributed by atoms with E-state index in [4.69, 9.17) is 13.8 Å². The third kappa shape index (κ3) is 56.2. The lowest BCUT2D eigenvalue weighted by Crippen LogP contribution is -2.47. The van der Waals surface area contributed by atoms with Gasteiger partial charge in [-0.3, -0.25) is 14.2 Å². The second-order valence-corrected chi connectivity index (χ2v) is 24.0. The van der Waals surface area contributed by atoms with Gasteiger partial charge >= 0.3 is 5.97 Å². The summed E-state index contributed by atoms with van der Waals surface area (Å²) in [6.07, 6.45) is 68.9. The van der Waals surface area contributed by atoms with Crippen molar-refractivity contribution in [3.05, 3.63) is 60.8 Å². The highest BCUT2D eigenvalue weighted by Gasteiger charge is 2.27. The fourth-order valence-corrected chi connectivity index (χ4v) is 9.72. The molecular weight excluding hydrogens is 952 g/mol. The zero-order valence-electron chi connectivity index (χ0n) is 50.0. The number of amides is 1. The molecule has 75 heavy (non-hydrogen) atoms. The largest absolute Gasteiger partial charge is 0.756 e. The average Bonchev–Trinajstić information content (AvgIpc) is 3.37. The maximum Gasteiger partial charge on any atom is 0.306 e. The lowest BCUT2D eigenvalue weighted by molar-refractivity contribution is -0.870. The van der Waals surface area contributed by atoms with Crippen LogP contribution in [0.25, 0.3) is 0 Å². The summed E-state index contributed by atoms with van der Waals surface area (Å²) >= 11 is 0. The number of rotatable bonds is 57. The Morgan fingerprint density at radius 1 is 0.467 bits per heavy atom. The second-order valence-electron chi connectivity index (χ2n) is 22.6. The van der Waals surface area contributed by atoms with Crippen LogP contribution in [0.2, 0.25) is 0 Å². The fourth-order valence-electron chi connectivity index (χ4n) is 8.99. The maximum atomic E-state index is 13.5. The molecule has 0 bridgehead atoms. The third-order valence-electron chi connectivity index (χ3n) is 13.9. The Morgan fingerprint density at radius 3 is 1.25 bits per heavy atom. The van der Waals surface area contributed by atoms with Crippen molar-refractivity contribution in [1.82, 2.24) is 5.32 Å². The van der Waals surface area contributed by atoms with E-state index in [-0.39, 0.29) is 24.9 Å². The highest BCUT2D eigenvalue weighted by atomic mass is 31.2. The number of unbranched alkanes of at least 4 members (excludes halogenated alkanes) is 33. The summed E-state index contributed by atoms with van der Waals surface area (Å²) in [6.45, 7) is 6.81. The first-order valence-corrected chi connectivity index (χ1v) is 33.1. The Labute approximate surface area is 464 Å². The number of nitrogens with one attached hydrogen (secondary N) is 1. The van der Waals surface area contributed by atoms with Gasteiger partial charge in [0, 0.05) is 12.8 Å². The second kappa shape index (κ2) is 55.0. The minimum atomic E-state index is -4.71. The SMILES string of the molecule is CCCCC/C=C\C/C=C\C/C=C\CCCCCCC(=O)NC(COP(=O)([O-])OCC[N+](C)(C)C)C(/C=C/CCCCCCCCCCCCC)OC(=O)CCCCCCCCCCC/C=C/CCCCCCCC. The molecule has 0 radical (unpaired) electrons. The topological polar surface area (TPSA) is 114 Å². The van der Waals surface area contributed by atoms with E-state index in [0.29, 0.717) is 23.9 Å². The Morgan fingerprint density at radius 2 is 0.813 bits per heavy atom. The minimum absolute atomic E-state index is 0.0280. The molecule has 9 nitrogen and oxygen atoms in total. The molecule has 0 saturated carbocycles. The molecule has 0 fully saturated rings. The maximum absolute atomic E-state index is 13.5. The molecule has 0 rings (SSSR count). The molecule has 0 aliphatic heterocycles. The molecular formula is C65H121N2O7P. The van der Waals surface area contributed by atoms with Crippen LogP contribution in [0.15, 0.2) is 60.8 Å². The van der Waals surface area contributed by atoms with Crippen LogP contribution in [-0.2, 0) is 27.9 Å². The molecule has 0 saturated heterocycles. The molecule has 1 N–H and O–H groups in total. The first-order valence-electron chi connectivity index (χ1n) is 31.6. The van der Waals surface area contributed by atoms with Gasteiger partial charge in [0.1, 0.15) is 19.3 Å². The van der Waals surface area contributed by atoms with Crippen LogP contribution in [0.3, 0.4) is 0 Å². The Balaban J connectivity index is 5.31. The highest BCUT2D eigenvalue weighted by Crippen LogP contribution is 2.38. The van der Waals surface area contributed by atoms with Gasteiger partial charge in [-0.05, 0) is 96.0 Å². The van der Waals surface area contributed by atoms with Crippen molar-refractivity contribution in [3.63, 3.8) is 0 Å². The van der Waals surface area contributed by atoms with Crippen molar-refractivity contribution >= 4 is 19.7 Å². The van der Waals surface area contributed by atoms with Crippen LogP contribution < -0.4 is 10.2 Å². The van der Waals surface area contributed by atoms with Gasteiger partial charge in [-0.25, -0.2) is 0 Å². The summed E-state index contributed by atoms with van der Waals surface area (Å²) < 4.78 is 30.3. The van der Waals surface area contributed by atoms with E-state index < -0.39 is 26.6 Å². The average molecular weight is 1070 g/mol. The van der Waals surface area contributed by atoms with E-state index in [2.05, 4.69) is 74.7 Å². The van der Waals surface area contributed by atoms with Crippen LogP contribution in [-0.4, -0.2) is 69.4 Å². The van der Waals surface area contributed by atoms with Gasteiger partial charge < -0.3 is 28.5 Å². The van der Waals surface area contributed by atoms with Crippen LogP contribution in [0, 0.1) is 0 Å². The summed E-state index contributed by atoms with van der Waals surface area (Å²) in [5.74, 6) is -0.562. The van der Waals surface area contributed by atoms with Crippen LogP contribution in [0.4, 0.5) is 0 Å². The summed E-state index contributed by atoms with van der Waals surface area (Å²) in [5.41, 5.74) is 0. The number of carbonyl (C=O) groups excluding carboxylic acids is 2. The van der Waals surface area contributed by atoms with Crippen molar-refractivity contribution < 1.29 is 37.3 Å². The fraction of sp³-hybridized carbons (Fsp3) is 0.815. The zero-order chi connectivity index (χ0) is 55.0. The number of nitrogens with zero attached hydrogens (tertiary/aromatic N) is 1. The lowest BCUT2D eigenvalue weighted by atomic mass is 10.0. The molecule has 0 spiro atoms. The first-order chi connectivity index (χ1) is 36.4. The number of quaternary nitrogens is 1. The number of phosphoric acid groups is 1. The molecule has 0 aliphatic rings. The predicted molar refractivity (Wildman–Crippen MR) is 321 cm³/mol. The molecule has 438 valence electrons. The number of carbonyl (C=O) groups is 2. The van der Waals surface area contributed by atoms with E-state index in [0.717, 1.165) is 77.0 Å². The van der Waals surface area contributed by atoms with E-state index in [1.54, 1.807) is 0 Å². The quantitative estimate of drug-likeness (QED) is 0.0212. The van der Waals surface area contributed by atoms with Gasteiger partial charge in [-0.2, -0.15) is 0 Å². The summed E-state index contributed by atoms with van der Waals surface area (Å²) in [4.78, 5) is 40.0. The van der Waals surface area contributed by atoms with E-state index in [1.165, 1.54) is 173 Å². The molecule has 0 aliphatic carbocycles. The molecule has 3 unspecified atom stereocenters. The Kier molecular flexibility index (Phi) is 53.4. The number of likely N-dealkylation sites (N-methyl/N-ethyl adjacent to an activating group) is 1. The van der Waals surface area contributed by atoms with E-state index in [1.807, 2.05) is 33.3 Å². The number of esters is 1. The standard InChI is InChI=1S/C65H121N2O7P/c1-7-10-13-16-19-22-25-28-30-32-33-35-37-40-43-46-49-52-55-58-65(69)74-63(56-53-50-47-44-41-38-27-24-21-18-15-12-9-3)62(61-73-75(70,71)72-60-59-67(4,5)6)66-64(68)57-54-51-48-45-42-39-36-34-31-29-26-23-20-17-14-11-8-2/h20,23,28-31,36,39,53,56,62-63H,7-19,21-22,24-27,32-35,37-38,40-52,54-55,57-61H2,1-6H3,(H-,66,68,70,71)/b23-20-,30-28+,31-29-,39-36-,56-53+. The molecule has 0 heterocycles. The summed E-state index contributed by atoms with van der Waals surface area (Å²) in [5, 5.41) is 3.02. The van der Waals surface area contributed by atoms with Crippen LogP contribution >= 0.6 is 7.82 Å². The van der Waals surface area contributed by atoms with Crippen LogP contribution in [0.5, 0.6) is 0 Å². The number of ether oxygens (including phenoxy) is 1. The highest BCUT2D eigenvalue weighted by molar-refractivity contribution is 7.45. The monoisotopic (exact) mass is 1070 g/mol. The molecule has 0 aromatic rings. The van der Waals surface area contributed by atoms with Gasteiger partial charge in [0.2, 0.25) is 5.91 Å². The van der Waals surface area contributed by atoms with Gasteiger partial charge in [-0.1, -0.05) is 242 Å². The molecule has 0 aromatic carbocycles. The molecule has 3 atom stereocenters. The first kappa shape index (κ1) is 72.7. The minimum Gasteiger partial charge on any atom is -0.756 e. The van der Waals surface area contributed by atoms with Crippen LogP contribution in [0.1, 0.15) is 290 Å². The van der Waals surface area contributed by atoms with Crippen molar-refractivity contribution in [3.8, 4) is 0 Å². The summed E-state index contributed by atoms with van der Waals surface area (Å²) in [6, 6.07) is -0.901. The normalized spacial score (nSPS) is 14.1. The van der Waals surface area contributed by atoms with Crippen molar-refractivity contribution in [2.45, 2.75) is 303 Å². The third-order valence-corrected chi connectivity index (χ3v) is 14.9. The Hall–Kier alpha value is -2.29. The van der Waals surface area contributed by atoms with Gasteiger partial charge in [0.25, 0.3) is 7.82 Å². The van der Waals surface area contributed by atoms with Crippen molar-refractivity contribution in [2.75, 3.05) is 40.9 Å². The molecule has 10 heteroatoms. The zero-order valence-corrected chi connectivity index (χ0v) is 50.9. The molecule has 1 amide bonds. The van der Waals surface area contributed by atoms with Gasteiger partial charge in [-0.15, -0.1) is 0 Å². The number of hydrogen-bond acceptors (Lipinski definition) is 7. The number of phosphoric ester groups is 1. The number of allylic oxidation sites excluding steroid dienone is 9. The van der Waals surface area contributed by atoms with Gasteiger partial charge in [0.05, 0.1) is 33.8 Å². The smallest absolute Gasteiger partial charge is 0.306 e. The number of hydrogen-bond donors (Lipinski definition) is 1. The molecule has 0 aromatic heterocycles. The van der Waals surface area contributed by atoms with Crippen molar-refractivity contribution in [2.24, 2.45) is 0 Å². The van der Waals surface area contributed by atoms with E-state index >= 15 is 0 Å². The lowest BCUT2D eigenvalue weighted by Gasteiger charge is -2.30. The predicted octanol–water partition coefficient (Wildman–Crippen LogP) is 18.8.